The minimum Gasteiger partial charge on any atom is -0.367 e. The van der Waals surface area contributed by atoms with Gasteiger partial charge in [0.25, 0.3) is 11.6 Å². The van der Waals surface area contributed by atoms with Crippen molar-refractivity contribution in [2.75, 3.05) is 18.4 Å². The monoisotopic (exact) mass is 345 g/mol. The van der Waals surface area contributed by atoms with Gasteiger partial charge in [0.05, 0.1) is 21.1 Å². The topological polar surface area (TPSA) is 121 Å². The van der Waals surface area contributed by atoms with Crippen molar-refractivity contribution < 1.29 is 9.72 Å². The smallest absolute Gasteiger partial charge is 0.270 e. The van der Waals surface area contributed by atoms with E-state index in [2.05, 4.69) is 15.6 Å². The predicted octanol–water partition coefficient (Wildman–Crippen LogP) is 2.36. The molecule has 2 rings (SSSR count). The number of carbonyl (C=O) groups is 1. The molecular formula is C15H12ClN5O3. The lowest BCUT2D eigenvalue weighted by atomic mass is 10.2. The van der Waals surface area contributed by atoms with Crippen LogP contribution in [-0.4, -0.2) is 28.9 Å². The number of pyridine rings is 1. The molecule has 0 aliphatic carbocycles. The van der Waals surface area contributed by atoms with Crippen molar-refractivity contribution in [3.8, 4) is 6.07 Å². The van der Waals surface area contributed by atoms with E-state index < -0.39 is 10.8 Å². The molecule has 1 amide bonds. The van der Waals surface area contributed by atoms with Gasteiger partial charge in [-0.2, -0.15) is 5.26 Å². The van der Waals surface area contributed by atoms with Crippen LogP contribution < -0.4 is 10.6 Å². The molecule has 1 aromatic carbocycles. The summed E-state index contributed by atoms with van der Waals surface area (Å²) in [6, 6.07) is 8.93. The Balaban J connectivity index is 1.93. The number of non-ortho nitro benzene ring substituents is 1. The third kappa shape index (κ3) is 4.18. The molecule has 8 nitrogen and oxygen atoms in total. The second-order valence-corrected chi connectivity index (χ2v) is 5.02. The number of benzene rings is 1. The third-order valence-corrected chi connectivity index (χ3v) is 3.37. The number of anilines is 1. The number of amides is 1. The van der Waals surface area contributed by atoms with E-state index in [1.807, 2.05) is 6.07 Å². The Morgan fingerprint density at radius 2 is 2.17 bits per heavy atom. The Hall–Kier alpha value is -3.18. The van der Waals surface area contributed by atoms with E-state index >= 15 is 0 Å². The molecular weight excluding hydrogens is 334 g/mol. The van der Waals surface area contributed by atoms with Crippen LogP contribution in [0.4, 0.5) is 11.5 Å². The van der Waals surface area contributed by atoms with Crippen LogP contribution in [-0.2, 0) is 0 Å². The quantitative estimate of drug-likeness (QED) is 0.471. The molecule has 0 aliphatic rings. The molecule has 0 aliphatic heterocycles. The fourth-order valence-electron chi connectivity index (χ4n) is 1.89. The summed E-state index contributed by atoms with van der Waals surface area (Å²) >= 11 is 5.90. The minimum absolute atomic E-state index is 0.0291. The fraction of sp³-hybridized carbons (Fsp3) is 0.133. The first-order chi connectivity index (χ1) is 11.5. The standard InChI is InChI=1S/C15H12ClN5O3/c16-13-4-3-11(21(23)24)8-12(13)15(22)20-7-6-19-14-10(9-17)2-1-5-18-14/h1-5,8H,6-7H2,(H,18,19)(H,20,22). The largest absolute Gasteiger partial charge is 0.367 e. The number of nitro groups is 1. The number of nitrogens with zero attached hydrogens (tertiary/aromatic N) is 3. The van der Waals surface area contributed by atoms with E-state index in [1.165, 1.54) is 12.1 Å². The Bertz CT molecular complexity index is 819. The van der Waals surface area contributed by atoms with Crippen molar-refractivity contribution in [3.63, 3.8) is 0 Å². The first-order valence-electron chi connectivity index (χ1n) is 6.84. The predicted molar refractivity (Wildman–Crippen MR) is 87.9 cm³/mol. The van der Waals surface area contributed by atoms with Crippen molar-refractivity contribution in [1.82, 2.24) is 10.3 Å². The third-order valence-electron chi connectivity index (χ3n) is 3.04. The maximum Gasteiger partial charge on any atom is 0.270 e. The number of aromatic nitrogens is 1. The molecule has 0 unspecified atom stereocenters. The average Bonchev–Trinajstić information content (AvgIpc) is 2.59. The van der Waals surface area contributed by atoms with Crippen LogP contribution in [0, 0.1) is 21.4 Å². The molecule has 0 atom stereocenters. The van der Waals surface area contributed by atoms with Gasteiger partial charge >= 0.3 is 0 Å². The van der Waals surface area contributed by atoms with Crippen LogP contribution in [0.2, 0.25) is 5.02 Å². The van der Waals surface area contributed by atoms with Crippen LogP contribution in [0.25, 0.3) is 0 Å². The molecule has 0 spiro atoms. The normalized spacial score (nSPS) is 9.83. The highest BCUT2D eigenvalue weighted by Crippen LogP contribution is 2.21. The van der Waals surface area contributed by atoms with Gasteiger partial charge in [-0.1, -0.05) is 11.6 Å². The fourth-order valence-corrected chi connectivity index (χ4v) is 2.09. The second kappa shape index (κ2) is 7.89. The first-order valence-corrected chi connectivity index (χ1v) is 7.22. The van der Waals surface area contributed by atoms with Gasteiger partial charge in [0.2, 0.25) is 0 Å². The lowest BCUT2D eigenvalue weighted by Crippen LogP contribution is -2.29. The van der Waals surface area contributed by atoms with Crippen molar-refractivity contribution in [2.24, 2.45) is 0 Å². The highest BCUT2D eigenvalue weighted by atomic mass is 35.5. The van der Waals surface area contributed by atoms with Crippen molar-refractivity contribution in [1.29, 1.82) is 5.26 Å². The summed E-state index contributed by atoms with van der Waals surface area (Å²) in [7, 11) is 0. The van der Waals surface area contributed by atoms with Crippen LogP contribution >= 0.6 is 11.6 Å². The highest BCUT2D eigenvalue weighted by Gasteiger charge is 2.15. The van der Waals surface area contributed by atoms with E-state index in [0.717, 1.165) is 6.07 Å². The molecule has 1 heterocycles. The Kier molecular flexibility index (Phi) is 5.65. The van der Waals surface area contributed by atoms with Gasteiger partial charge in [-0.15, -0.1) is 0 Å². The first kappa shape index (κ1) is 17.2. The van der Waals surface area contributed by atoms with Crippen molar-refractivity contribution in [2.45, 2.75) is 0 Å². The number of hydrogen-bond donors (Lipinski definition) is 2. The van der Waals surface area contributed by atoms with Crippen LogP contribution in [0.1, 0.15) is 15.9 Å². The summed E-state index contributed by atoms with van der Waals surface area (Å²) in [6.45, 7) is 0.545. The van der Waals surface area contributed by atoms with Crippen LogP contribution in [0.3, 0.4) is 0 Å². The second-order valence-electron chi connectivity index (χ2n) is 4.62. The number of nitriles is 1. The molecule has 122 valence electrons. The molecule has 2 aromatic rings. The van der Waals surface area contributed by atoms with E-state index in [1.54, 1.807) is 18.3 Å². The average molecular weight is 346 g/mol. The highest BCUT2D eigenvalue weighted by molar-refractivity contribution is 6.33. The number of rotatable bonds is 6. The molecule has 24 heavy (non-hydrogen) atoms. The number of carbonyl (C=O) groups excluding carboxylic acids is 1. The summed E-state index contributed by atoms with van der Waals surface area (Å²) < 4.78 is 0. The van der Waals surface area contributed by atoms with E-state index in [0.29, 0.717) is 17.9 Å². The van der Waals surface area contributed by atoms with Gasteiger partial charge in [0.15, 0.2) is 0 Å². The molecule has 0 saturated carbocycles. The zero-order valence-corrected chi connectivity index (χ0v) is 13.1. The molecule has 0 fully saturated rings. The van der Waals surface area contributed by atoms with Gasteiger partial charge in [0.1, 0.15) is 11.9 Å². The zero-order valence-electron chi connectivity index (χ0n) is 12.3. The maximum absolute atomic E-state index is 12.1. The summed E-state index contributed by atoms with van der Waals surface area (Å²) in [5.74, 6) is -0.102. The van der Waals surface area contributed by atoms with Gasteiger partial charge in [-0.25, -0.2) is 4.98 Å². The Morgan fingerprint density at radius 3 is 2.88 bits per heavy atom. The Morgan fingerprint density at radius 1 is 1.38 bits per heavy atom. The zero-order chi connectivity index (χ0) is 17.5. The van der Waals surface area contributed by atoms with Gasteiger partial charge < -0.3 is 10.6 Å². The van der Waals surface area contributed by atoms with Gasteiger partial charge in [-0.05, 0) is 18.2 Å². The van der Waals surface area contributed by atoms with Crippen molar-refractivity contribution in [3.05, 3.63) is 62.8 Å². The summed E-state index contributed by atoms with van der Waals surface area (Å²) in [6.07, 6.45) is 1.55. The molecule has 2 N–H and O–H groups in total. The van der Waals surface area contributed by atoms with Crippen molar-refractivity contribution >= 4 is 29.0 Å². The van der Waals surface area contributed by atoms with Gasteiger partial charge in [0, 0.05) is 31.4 Å². The van der Waals surface area contributed by atoms with E-state index in [-0.39, 0.29) is 22.8 Å². The minimum atomic E-state index is -0.598. The van der Waals surface area contributed by atoms with E-state index in [9.17, 15) is 14.9 Å². The van der Waals surface area contributed by atoms with Gasteiger partial charge in [-0.3, -0.25) is 14.9 Å². The molecule has 0 bridgehead atoms. The molecule has 9 heteroatoms. The lowest BCUT2D eigenvalue weighted by molar-refractivity contribution is -0.384. The lowest BCUT2D eigenvalue weighted by Gasteiger charge is -2.09. The Labute approximate surface area is 142 Å². The molecule has 0 radical (unpaired) electrons. The maximum atomic E-state index is 12.1. The van der Waals surface area contributed by atoms with E-state index in [4.69, 9.17) is 16.9 Å². The number of nitrogens with one attached hydrogen (secondary N) is 2. The summed E-state index contributed by atoms with van der Waals surface area (Å²) in [4.78, 5) is 26.2. The molecule has 0 saturated heterocycles. The number of nitro benzene ring substituents is 1. The number of halogens is 1. The van der Waals surface area contributed by atoms with Crippen LogP contribution in [0.5, 0.6) is 0 Å². The summed E-state index contributed by atoms with van der Waals surface area (Å²) in [5, 5.41) is 25.3. The van der Waals surface area contributed by atoms with Crippen LogP contribution in [0.15, 0.2) is 36.5 Å². The summed E-state index contributed by atoms with van der Waals surface area (Å²) in [5.41, 5.74) is 0.210. The number of hydrogen-bond acceptors (Lipinski definition) is 6. The SMILES string of the molecule is N#Cc1cccnc1NCCNC(=O)c1cc([N+](=O)[O-])ccc1Cl. The molecule has 1 aromatic heterocycles.